The lowest BCUT2D eigenvalue weighted by atomic mass is 10.4. The van der Waals surface area contributed by atoms with E-state index in [1.165, 1.54) is 0 Å². The zero-order valence-corrected chi connectivity index (χ0v) is 8.69. The highest BCUT2D eigenvalue weighted by molar-refractivity contribution is 5.15. The molecule has 1 aromatic rings. The Labute approximate surface area is 91.2 Å². The summed E-state index contributed by atoms with van der Waals surface area (Å²) in [6, 6.07) is 3.40. The van der Waals surface area contributed by atoms with Crippen molar-refractivity contribution >= 4 is 0 Å². The number of hydrogen-bond acceptors (Lipinski definition) is 4. The van der Waals surface area contributed by atoms with Gasteiger partial charge in [0.1, 0.15) is 12.4 Å². The molecule has 2 heterocycles. The van der Waals surface area contributed by atoms with Crippen LogP contribution in [0.3, 0.4) is 0 Å². The molecule has 1 aromatic heterocycles. The lowest BCUT2D eigenvalue weighted by Crippen LogP contribution is -2.38. The lowest BCUT2D eigenvalue weighted by molar-refractivity contribution is 0.0322. The fourth-order valence-electron chi connectivity index (χ4n) is 1.51. The SMILES string of the molecule is [2H]c1ccc(OCCN2CCOCC2)cn1. The summed E-state index contributed by atoms with van der Waals surface area (Å²) in [5.74, 6) is 0.726. The van der Waals surface area contributed by atoms with Gasteiger partial charge in [0.2, 0.25) is 0 Å². The molecule has 4 heteroatoms. The van der Waals surface area contributed by atoms with Crippen molar-refractivity contribution in [2.75, 3.05) is 39.5 Å². The molecule has 0 amide bonds. The Balaban J connectivity index is 1.69. The van der Waals surface area contributed by atoms with Crippen LogP contribution in [0.4, 0.5) is 0 Å². The van der Waals surface area contributed by atoms with Crippen molar-refractivity contribution in [1.82, 2.24) is 9.88 Å². The molecule has 0 spiro atoms. The normalized spacial score (nSPS) is 18.5. The van der Waals surface area contributed by atoms with Gasteiger partial charge in [-0.1, -0.05) is 0 Å². The minimum absolute atomic E-state index is 0.264. The Morgan fingerprint density at radius 3 is 3.13 bits per heavy atom. The van der Waals surface area contributed by atoms with Crippen molar-refractivity contribution in [3.05, 3.63) is 24.5 Å². The third-order valence-corrected chi connectivity index (χ3v) is 2.37. The predicted octanol–water partition coefficient (Wildman–Crippen LogP) is 0.793. The Bertz CT molecular complexity index is 312. The van der Waals surface area contributed by atoms with Crippen molar-refractivity contribution < 1.29 is 10.8 Å². The zero-order chi connectivity index (χ0) is 11.2. The minimum atomic E-state index is 0.264. The molecule has 0 saturated carbocycles. The summed E-state index contributed by atoms with van der Waals surface area (Å²) >= 11 is 0. The van der Waals surface area contributed by atoms with Gasteiger partial charge < -0.3 is 9.47 Å². The van der Waals surface area contributed by atoms with Crippen LogP contribution in [0.2, 0.25) is 0 Å². The van der Waals surface area contributed by atoms with E-state index in [0.717, 1.165) is 38.6 Å². The molecule has 0 bridgehead atoms. The van der Waals surface area contributed by atoms with Gasteiger partial charge in [0, 0.05) is 25.8 Å². The number of nitrogens with zero attached hydrogens (tertiary/aromatic N) is 2. The molecule has 1 saturated heterocycles. The first-order chi connectivity index (χ1) is 7.84. The second kappa shape index (κ2) is 5.68. The summed E-state index contributed by atoms with van der Waals surface area (Å²) in [6.07, 6.45) is 1.85. The molecule has 0 aliphatic carbocycles. The maximum Gasteiger partial charge on any atom is 0.137 e. The fraction of sp³-hybridized carbons (Fsp3) is 0.545. The van der Waals surface area contributed by atoms with E-state index < -0.39 is 0 Å². The summed E-state index contributed by atoms with van der Waals surface area (Å²) in [4.78, 5) is 6.17. The molecule has 1 fully saturated rings. The van der Waals surface area contributed by atoms with Crippen LogP contribution in [0.15, 0.2) is 24.5 Å². The average Bonchev–Trinajstić information content (AvgIpc) is 2.33. The van der Waals surface area contributed by atoms with Gasteiger partial charge in [-0.15, -0.1) is 0 Å². The Morgan fingerprint density at radius 1 is 1.53 bits per heavy atom. The topological polar surface area (TPSA) is 34.6 Å². The molecule has 1 aliphatic rings. The Morgan fingerprint density at radius 2 is 2.40 bits per heavy atom. The van der Waals surface area contributed by atoms with E-state index in [-0.39, 0.29) is 6.17 Å². The number of rotatable bonds is 4. The first-order valence-electron chi connectivity index (χ1n) is 5.70. The highest BCUT2D eigenvalue weighted by Gasteiger charge is 2.09. The molecule has 0 atom stereocenters. The van der Waals surface area contributed by atoms with Gasteiger partial charge in [-0.3, -0.25) is 9.88 Å². The minimum Gasteiger partial charge on any atom is -0.491 e. The van der Waals surface area contributed by atoms with Crippen LogP contribution < -0.4 is 4.74 Å². The predicted molar refractivity (Wildman–Crippen MR) is 57.0 cm³/mol. The number of aromatic nitrogens is 1. The number of morpholine rings is 1. The molecular formula is C11H16N2O2. The van der Waals surface area contributed by atoms with Gasteiger partial charge >= 0.3 is 0 Å². The molecular weight excluding hydrogens is 192 g/mol. The van der Waals surface area contributed by atoms with Crippen LogP contribution in [0.1, 0.15) is 1.37 Å². The van der Waals surface area contributed by atoms with E-state index >= 15 is 0 Å². The van der Waals surface area contributed by atoms with Crippen molar-refractivity contribution in [3.8, 4) is 5.75 Å². The van der Waals surface area contributed by atoms with Gasteiger partial charge in [-0.25, -0.2) is 0 Å². The van der Waals surface area contributed by atoms with Gasteiger partial charge in [-0.2, -0.15) is 0 Å². The van der Waals surface area contributed by atoms with Crippen LogP contribution >= 0.6 is 0 Å². The van der Waals surface area contributed by atoms with Crippen LogP contribution in [-0.2, 0) is 4.74 Å². The molecule has 15 heavy (non-hydrogen) atoms. The third kappa shape index (κ3) is 3.49. The van der Waals surface area contributed by atoms with E-state index in [4.69, 9.17) is 10.8 Å². The van der Waals surface area contributed by atoms with Gasteiger partial charge in [0.05, 0.1) is 20.8 Å². The van der Waals surface area contributed by atoms with Crippen molar-refractivity contribution in [2.45, 2.75) is 0 Å². The largest absolute Gasteiger partial charge is 0.491 e. The monoisotopic (exact) mass is 209 g/mol. The van der Waals surface area contributed by atoms with E-state index in [9.17, 15) is 0 Å². The molecule has 0 unspecified atom stereocenters. The van der Waals surface area contributed by atoms with Crippen molar-refractivity contribution in [3.63, 3.8) is 0 Å². The molecule has 0 aromatic carbocycles. The van der Waals surface area contributed by atoms with Crippen LogP contribution in [-0.4, -0.2) is 49.3 Å². The summed E-state index contributed by atoms with van der Waals surface area (Å²) in [7, 11) is 0. The molecule has 0 radical (unpaired) electrons. The van der Waals surface area contributed by atoms with Gasteiger partial charge in [0.15, 0.2) is 0 Å². The molecule has 0 N–H and O–H groups in total. The second-order valence-corrected chi connectivity index (χ2v) is 3.43. The number of hydrogen-bond donors (Lipinski definition) is 0. The fourth-order valence-corrected chi connectivity index (χ4v) is 1.51. The van der Waals surface area contributed by atoms with Crippen LogP contribution in [0.5, 0.6) is 5.75 Å². The lowest BCUT2D eigenvalue weighted by Gasteiger charge is -2.26. The quantitative estimate of drug-likeness (QED) is 0.734. The smallest absolute Gasteiger partial charge is 0.137 e. The standard InChI is InChI=1S/C11H16N2O2/c1-2-11(10-12-3-1)15-9-6-13-4-7-14-8-5-13/h1-3,10H,4-9H2/i3D. The van der Waals surface area contributed by atoms with E-state index in [0.29, 0.717) is 6.61 Å². The summed E-state index contributed by atoms with van der Waals surface area (Å²) < 4.78 is 18.0. The van der Waals surface area contributed by atoms with Crippen LogP contribution in [0.25, 0.3) is 0 Å². The summed E-state index contributed by atoms with van der Waals surface area (Å²) in [5, 5.41) is 0. The maximum atomic E-state index is 7.24. The van der Waals surface area contributed by atoms with Crippen LogP contribution in [0, 0.1) is 0 Å². The first kappa shape index (κ1) is 9.12. The summed E-state index contributed by atoms with van der Waals surface area (Å²) in [6.45, 7) is 5.15. The van der Waals surface area contributed by atoms with E-state index in [1.807, 2.05) is 0 Å². The Hall–Kier alpha value is -1.13. The zero-order valence-electron chi connectivity index (χ0n) is 9.69. The van der Waals surface area contributed by atoms with Gasteiger partial charge in [0.25, 0.3) is 0 Å². The van der Waals surface area contributed by atoms with E-state index in [2.05, 4.69) is 9.88 Å². The van der Waals surface area contributed by atoms with E-state index in [1.54, 1.807) is 18.3 Å². The maximum absolute atomic E-state index is 7.24. The second-order valence-electron chi connectivity index (χ2n) is 3.43. The summed E-state index contributed by atoms with van der Waals surface area (Å²) in [5.41, 5.74) is 0. The molecule has 1 aliphatic heterocycles. The average molecular weight is 209 g/mol. The van der Waals surface area contributed by atoms with Gasteiger partial charge in [-0.05, 0) is 12.1 Å². The molecule has 82 valence electrons. The van der Waals surface area contributed by atoms with Crippen molar-refractivity contribution in [1.29, 1.82) is 0 Å². The number of ether oxygens (including phenoxy) is 2. The van der Waals surface area contributed by atoms with Crippen molar-refractivity contribution in [2.24, 2.45) is 0 Å². The molecule has 2 rings (SSSR count). The first-order valence-corrected chi connectivity index (χ1v) is 5.20. The molecule has 4 nitrogen and oxygen atoms in total. The Kier molecular flexibility index (Phi) is 3.45. The highest BCUT2D eigenvalue weighted by atomic mass is 16.5. The highest BCUT2D eigenvalue weighted by Crippen LogP contribution is 2.06. The third-order valence-electron chi connectivity index (χ3n) is 2.37. The number of pyridine rings is 1.